The topological polar surface area (TPSA) is 69.6 Å². The largest absolute Gasteiger partial charge is 0.480 e. The van der Waals surface area contributed by atoms with Crippen LogP contribution in [0.15, 0.2) is 0 Å². The quantitative estimate of drug-likeness (QED) is 0.577. The second-order valence-corrected chi connectivity index (χ2v) is 3.66. The standard InChI is InChI=1S/C10H21NO3/c1-4-10(5-2,9(13)14)11-7-6-8(3)12/h8,11-12H,4-7H2,1-3H3,(H,13,14). The summed E-state index contributed by atoms with van der Waals surface area (Å²) in [5.74, 6) is -0.812. The summed E-state index contributed by atoms with van der Waals surface area (Å²) in [6.45, 7) is 5.94. The average Bonchev–Trinajstić information content (AvgIpc) is 2.12. The van der Waals surface area contributed by atoms with Crippen LogP contribution in [0, 0.1) is 0 Å². The highest BCUT2D eigenvalue weighted by molar-refractivity contribution is 5.78. The average molecular weight is 203 g/mol. The van der Waals surface area contributed by atoms with Gasteiger partial charge in [-0.3, -0.25) is 4.79 Å². The molecule has 1 atom stereocenters. The van der Waals surface area contributed by atoms with Crippen molar-refractivity contribution in [1.29, 1.82) is 0 Å². The van der Waals surface area contributed by atoms with Crippen molar-refractivity contribution in [3.05, 3.63) is 0 Å². The molecule has 4 heteroatoms. The molecule has 0 aromatic heterocycles. The maximum absolute atomic E-state index is 11.0. The number of aliphatic hydroxyl groups is 1. The fourth-order valence-electron chi connectivity index (χ4n) is 1.40. The lowest BCUT2D eigenvalue weighted by atomic mass is 9.93. The number of aliphatic carboxylic acids is 1. The van der Waals surface area contributed by atoms with E-state index in [2.05, 4.69) is 5.32 Å². The molecule has 0 rings (SSSR count). The number of nitrogens with one attached hydrogen (secondary N) is 1. The molecule has 0 aliphatic carbocycles. The van der Waals surface area contributed by atoms with Gasteiger partial charge in [0.2, 0.25) is 0 Å². The Morgan fingerprint density at radius 1 is 1.43 bits per heavy atom. The Bertz CT molecular complexity index is 176. The minimum Gasteiger partial charge on any atom is -0.480 e. The first-order valence-electron chi connectivity index (χ1n) is 5.15. The third-order valence-electron chi connectivity index (χ3n) is 2.64. The van der Waals surface area contributed by atoms with Gasteiger partial charge in [0.05, 0.1) is 6.10 Å². The molecule has 0 aliphatic heterocycles. The second-order valence-electron chi connectivity index (χ2n) is 3.66. The van der Waals surface area contributed by atoms with Crippen LogP contribution in [0.25, 0.3) is 0 Å². The van der Waals surface area contributed by atoms with E-state index >= 15 is 0 Å². The number of carboxylic acid groups (broad SMARTS) is 1. The van der Waals surface area contributed by atoms with Crippen molar-refractivity contribution in [2.75, 3.05) is 6.54 Å². The van der Waals surface area contributed by atoms with Crippen molar-refractivity contribution in [2.45, 2.75) is 51.7 Å². The Balaban J connectivity index is 4.16. The summed E-state index contributed by atoms with van der Waals surface area (Å²) < 4.78 is 0. The molecule has 0 saturated heterocycles. The van der Waals surface area contributed by atoms with E-state index in [1.807, 2.05) is 13.8 Å². The van der Waals surface area contributed by atoms with Gasteiger partial charge < -0.3 is 15.5 Å². The van der Waals surface area contributed by atoms with Crippen LogP contribution in [0.5, 0.6) is 0 Å². The van der Waals surface area contributed by atoms with Crippen molar-refractivity contribution in [2.24, 2.45) is 0 Å². The lowest BCUT2D eigenvalue weighted by Crippen LogP contribution is -2.51. The predicted molar refractivity (Wildman–Crippen MR) is 55.2 cm³/mol. The van der Waals surface area contributed by atoms with Crippen LogP contribution < -0.4 is 5.32 Å². The molecule has 0 aliphatic rings. The van der Waals surface area contributed by atoms with E-state index in [-0.39, 0.29) is 6.10 Å². The van der Waals surface area contributed by atoms with Crippen LogP contribution in [0.3, 0.4) is 0 Å². The van der Waals surface area contributed by atoms with E-state index in [4.69, 9.17) is 10.2 Å². The molecule has 0 aromatic rings. The number of hydrogen-bond acceptors (Lipinski definition) is 3. The van der Waals surface area contributed by atoms with Gasteiger partial charge in [-0.05, 0) is 32.7 Å². The molecule has 4 nitrogen and oxygen atoms in total. The molecular formula is C10H21NO3. The van der Waals surface area contributed by atoms with Crippen LogP contribution in [-0.4, -0.2) is 34.4 Å². The Labute approximate surface area is 85.3 Å². The molecule has 84 valence electrons. The smallest absolute Gasteiger partial charge is 0.323 e. The molecule has 0 bridgehead atoms. The fraction of sp³-hybridized carbons (Fsp3) is 0.900. The van der Waals surface area contributed by atoms with Crippen molar-refractivity contribution < 1.29 is 15.0 Å². The first-order valence-corrected chi connectivity index (χ1v) is 5.15. The normalized spacial score (nSPS) is 14.0. The van der Waals surface area contributed by atoms with Crippen molar-refractivity contribution in [1.82, 2.24) is 5.32 Å². The summed E-state index contributed by atoms with van der Waals surface area (Å²) in [6, 6.07) is 0. The first-order chi connectivity index (χ1) is 6.48. The highest BCUT2D eigenvalue weighted by Crippen LogP contribution is 2.15. The van der Waals surface area contributed by atoms with Crippen LogP contribution in [0.2, 0.25) is 0 Å². The Kier molecular flexibility index (Phi) is 5.72. The molecule has 0 heterocycles. The fourth-order valence-corrected chi connectivity index (χ4v) is 1.40. The van der Waals surface area contributed by atoms with E-state index in [0.29, 0.717) is 25.8 Å². The monoisotopic (exact) mass is 203 g/mol. The SMILES string of the molecule is CCC(CC)(NCCC(C)O)C(=O)O. The summed E-state index contributed by atoms with van der Waals surface area (Å²) in [5.41, 5.74) is -0.825. The van der Waals surface area contributed by atoms with Gasteiger partial charge in [-0.15, -0.1) is 0 Å². The molecule has 0 fully saturated rings. The van der Waals surface area contributed by atoms with E-state index in [9.17, 15) is 4.79 Å². The van der Waals surface area contributed by atoms with Gasteiger partial charge in [0, 0.05) is 0 Å². The van der Waals surface area contributed by atoms with Crippen LogP contribution in [-0.2, 0) is 4.79 Å². The van der Waals surface area contributed by atoms with E-state index in [1.165, 1.54) is 0 Å². The van der Waals surface area contributed by atoms with Gasteiger partial charge >= 0.3 is 5.97 Å². The zero-order chi connectivity index (χ0) is 11.2. The number of carboxylic acids is 1. The molecule has 0 aromatic carbocycles. The Morgan fingerprint density at radius 3 is 2.21 bits per heavy atom. The summed E-state index contributed by atoms with van der Waals surface area (Å²) >= 11 is 0. The van der Waals surface area contributed by atoms with E-state index in [0.717, 1.165) is 0 Å². The summed E-state index contributed by atoms with van der Waals surface area (Å²) in [5, 5.41) is 21.1. The zero-order valence-electron chi connectivity index (χ0n) is 9.21. The van der Waals surface area contributed by atoms with Crippen molar-refractivity contribution >= 4 is 5.97 Å². The molecular weight excluding hydrogens is 182 g/mol. The maximum atomic E-state index is 11.0. The Morgan fingerprint density at radius 2 is 1.93 bits per heavy atom. The third kappa shape index (κ3) is 3.64. The maximum Gasteiger partial charge on any atom is 0.323 e. The van der Waals surface area contributed by atoms with E-state index in [1.54, 1.807) is 6.92 Å². The number of aliphatic hydroxyl groups excluding tert-OH is 1. The molecule has 0 radical (unpaired) electrons. The molecule has 3 N–H and O–H groups in total. The number of carbonyl (C=O) groups is 1. The van der Waals surface area contributed by atoms with Gasteiger partial charge in [0.15, 0.2) is 0 Å². The predicted octanol–water partition coefficient (Wildman–Crippen LogP) is 0.990. The van der Waals surface area contributed by atoms with E-state index < -0.39 is 11.5 Å². The van der Waals surface area contributed by atoms with Crippen LogP contribution >= 0.6 is 0 Å². The summed E-state index contributed by atoms with van der Waals surface area (Å²) in [4.78, 5) is 11.0. The van der Waals surface area contributed by atoms with Gasteiger partial charge in [-0.1, -0.05) is 13.8 Å². The van der Waals surface area contributed by atoms with Gasteiger partial charge in [0.1, 0.15) is 5.54 Å². The summed E-state index contributed by atoms with van der Waals surface area (Å²) in [7, 11) is 0. The van der Waals surface area contributed by atoms with Crippen molar-refractivity contribution in [3.63, 3.8) is 0 Å². The van der Waals surface area contributed by atoms with Crippen molar-refractivity contribution in [3.8, 4) is 0 Å². The van der Waals surface area contributed by atoms with Gasteiger partial charge in [-0.2, -0.15) is 0 Å². The highest BCUT2D eigenvalue weighted by Gasteiger charge is 2.33. The summed E-state index contributed by atoms with van der Waals surface area (Å²) in [6.07, 6.45) is 1.30. The molecule has 0 saturated carbocycles. The minimum absolute atomic E-state index is 0.386. The van der Waals surface area contributed by atoms with Crippen LogP contribution in [0.4, 0.5) is 0 Å². The lowest BCUT2D eigenvalue weighted by molar-refractivity contribution is -0.145. The van der Waals surface area contributed by atoms with Crippen LogP contribution in [0.1, 0.15) is 40.0 Å². The third-order valence-corrected chi connectivity index (χ3v) is 2.64. The lowest BCUT2D eigenvalue weighted by Gasteiger charge is -2.28. The first kappa shape index (κ1) is 13.4. The molecule has 0 spiro atoms. The molecule has 0 amide bonds. The zero-order valence-corrected chi connectivity index (χ0v) is 9.21. The van der Waals surface area contributed by atoms with Gasteiger partial charge in [0.25, 0.3) is 0 Å². The Hall–Kier alpha value is -0.610. The highest BCUT2D eigenvalue weighted by atomic mass is 16.4. The second kappa shape index (κ2) is 5.98. The number of rotatable bonds is 7. The van der Waals surface area contributed by atoms with Gasteiger partial charge in [-0.25, -0.2) is 0 Å². The minimum atomic E-state index is -0.825. The molecule has 14 heavy (non-hydrogen) atoms. The molecule has 1 unspecified atom stereocenters. The number of hydrogen-bond donors (Lipinski definition) is 3.